The molecule has 0 N–H and O–H groups in total. The molecule has 1 saturated carbocycles. The Labute approximate surface area is 146 Å². The van der Waals surface area contributed by atoms with Crippen LogP contribution in [0.4, 0.5) is 0 Å². The van der Waals surface area contributed by atoms with Crippen LogP contribution in [0.2, 0.25) is 0 Å². The first-order valence-corrected chi connectivity index (χ1v) is 10.9. The summed E-state index contributed by atoms with van der Waals surface area (Å²) in [5.74, 6) is 0.993. The SMILES string of the molecule is CCCCCCCCCCCCCCCCC1CCCCC1=O. The van der Waals surface area contributed by atoms with Gasteiger partial charge >= 0.3 is 0 Å². The summed E-state index contributed by atoms with van der Waals surface area (Å²) in [6, 6.07) is 0. The lowest BCUT2D eigenvalue weighted by Gasteiger charge is -2.20. The number of ketones is 1. The predicted molar refractivity (Wildman–Crippen MR) is 102 cm³/mol. The molecule has 1 fully saturated rings. The number of unbranched alkanes of at least 4 members (excludes halogenated alkanes) is 13. The van der Waals surface area contributed by atoms with Gasteiger partial charge in [-0.15, -0.1) is 0 Å². The number of carbonyl (C=O) groups is 1. The average molecular weight is 323 g/mol. The van der Waals surface area contributed by atoms with Gasteiger partial charge in [0.1, 0.15) is 5.78 Å². The fourth-order valence-corrected chi connectivity index (χ4v) is 3.95. The number of hydrogen-bond donors (Lipinski definition) is 0. The third-order valence-electron chi connectivity index (χ3n) is 5.59. The molecule has 1 nitrogen and oxygen atoms in total. The molecule has 136 valence electrons. The second-order valence-corrected chi connectivity index (χ2v) is 7.79. The van der Waals surface area contributed by atoms with Crippen LogP contribution >= 0.6 is 0 Å². The normalized spacial score (nSPS) is 18.5. The Kier molecular flexibility index (Phi) is 13.7. The van der Waals surface area contributed by atoms with Crippen molar-refractivity contribution < 1.29 is 4.79 Å². The summed E-state index contributed by atoms with van der Waals surface area (Å²) in [4.78, 5) is 11.8. The molecule has 1 unspecified atom stereocenters. The average Bonchev–Trinajstić information content (AvgIpc) is 2.57. The maximum absolute atomic E-state index is 11.8. The Morgan fingerprint density at radius 3 is 1.65 bits per heavy atom. The molecule has 0 amide bonds. The highest BCUT2D eigenvalue weighted by Crippen LogP contribution is 2.25. The maximum Gasteiger partial charge on any atom is 0.135 e. The molecule has 0 aromatic rings. The van der Waals surface area contributed by atoms with Crippen molar-refractivity contribution in [2.24, 2.45) is 5.92 Å². The Morgan fingerprint density at radius 1 is 0.696 bits per heavy atom. The molecule has 0 heterocycles. The van der Waals surface area contributed by atoms with Crippen LogP contribution in [0.15, 0.2) is 0 Å². The summed E-state index contributed by atoms with van der Waals surface area (Å²) in [6.45, 7) is 2.29. The monoisotopic (exact) mass is 322 g/mol. The van der Waals surface area contributed by atoms with Crippen molar-refractivity contribution in [1.29, 1.82) is 0 Å². The maximum atomic E-state index is 11.8. The van der Waals surface area contributed by atoms with Crippen molar-refractivity contribution in [3.8, 4) is 0 Å². The van der Waals surface area contributed by atoms with Gasteiger partial charge in [0.15, 0.2) is 0 Å². The van der Waals surface area contributed by atoms with Gasteiger partial charge in [0.05, 0.1) is 0 Å². The second-order valence-electron chi connectivity index (χ2n) is 7.79. The van der Waals surface area contributed by atoms with E-state index in [2.05, 4.69) is 6.92 Å². The van der Waals surface area contributed by atoms with Crippen molar-refractivity contribution in [2.75, 3.05) is 0 Å². The third kappa shape index (κ3) is 11.8. The molecule has 1 aliphatic carbocycles. The van der Waals surface area contributed by atoms with Crippen molar-refractivity contribution in [3.63, 3.8) is 0 Å². The molecule has 1 rings (SSSR count). The Balaban J connectivity index is 1.74. The Hall–Kier alpha value is -0.330. The Morgan fingerprint density at radius 2 is 1.17 bits per heavy atom. The van der Waals surface area contributed by atoms with E-state index in [1.807, 2.05) is 0 Å². The van der Waals surface area contributed by atoms with Crippen LogP contribution in [-0.2, 0) is 4.79 Å². The fourth-order valence-electron chi connectivity index (χ4n) is 3.95. The van der Waals surface area contributed by atoms with Gasteiger partial charge in [-0.3, -0.25) is 4.79 Å². The zero-order valence-electron chi connectivity index (χ0n) is 15.9. The van der Waals surface area contributed by atoms with Crippen LogP contribution in [-0.4, -0.2) is 5.78 Å². The lowest BCUT2D eigenvalue weighted by atomic mass is 9.84. The van der Waals surface area contributed by atoms with Crippen LogP contribution in [0, 0.1) is 5.92 Å². The van der Waals surface area contributed by atoms with Gasteiger partial charge in [-0.25, -0.2) is 0 Å². The van der Waals surface area contributed by atoms with Gasteiger partial charge in [0.25, 0.3) is 0 Å². The van der Waals surface area contributed by atoms with Crippen LogP contribution in [0.1, 0.15) is 129 Å². The molecule has 1 atom stereocenters. The quantitative estimate of drug-likeness (QED) is 0.283. The van der Waals surface area contributed by atoms with Gasteiger partial charge in [-0.05, 0) is 19.3 Å². The minimum absolute atomic E-state index is 0.432. The highest BCUT2D eigenvalue weighted by Gasteiger charge is 2.20. The lowest BCUT2D eigenvalue weighted by Crippen LogP contribution is -2.18. The fraction of sp³-hybridized carbons (Fsp3) is 0.955. The van der Waals surface area contributed by atoms with E-state index in [1.165, 1.54) is 109 Å². The summed E-state index contributed by atoms with van der Waals surface area (Å²) in [6.07, 6.45) is 25.5. The van der Waals surface area contributed by atoms with E-state index in [1.54, 1.807) is 0 Å². The molecular formula is C22H42O. The number of hydrogen-bond acceptors (Lipinski definition) is 1. The first kappa shape index (κ1) is 20.7. The number of rotatable bonds is 15. The van der Waals surface area contributed by atoms with E-state index < -0.39 is 0 Å². The van der Waals surface area contributed by atoms with Gasteiger partial charge in [0, 0.05) is 12.3 Å². The molecule has 0 saturated heterocycles. The van der Waals surface area contributed by atoms with Gasteiger partial charge < -0.3 is 0 Å². The Bertz CT molecular complexity index is 271. The van der Waals surface area contributed by atoms with E-state index in [9.17, 15) is 4.79 Å². The summed E-state index contributed by atoms with van der Waals surface area (Å²) >= 11 is 0. The highest BCUT2D eigenvalue weighted by molar-refractivity contribution is 5.81. The molecule has 0 radical (unpaired) electrons. The first-order valence-electron chi connectivity index (χ1n) is 10.9. The molecule has 0 aliphatic heterocycles. The van der Waals surface area contributed by atoms with Crippen molar-refractivity contribution in [2.45, 2.75) is 129 Å². The molecule has 1 aliphatic rings. The molecule has 0 aromatic heterocycles. The van der Waals surface area contributed by atoms with Crippen molar-refractivity contribution in [3.05, 3.63) is 0 Å². The molecule has 0 bridgehead atoms. The first-order chi connectivity index (χ1) is 11.3. The summed E-state index contributed by atoms with van der Waals surface area (Å²) in [5, 5.41) is 0. The molecular weight excluding hydrogens is 280 g/mol. The topological polar surface area (TPSA) is 17.1 Å². The largest absolute Gasteiger partial charge is 0.299 e. The number of Topliss-reactive ketones (excluding diaryl/α,β-unsaturated/α-hetero) is 1. The zero-order chi connectivity index (χ0) is 16.6. The summed E-state index contributed by atoms with van der Waals surface area (Å²) in [5.41, 5.74) is 0. The predicted octanol–water partition coefficient (Wildman–Crippen LogP) is 7.62. The molecule has 23 heavy (non-hydrogen) atoms. The standard InChI is InChI=1S/C22H42O/c1-2-3-4-5-6-7-8-9-10-11-12-13-14-15-18-21-19-16-17-20-22(21)23/h21H,2-20H2,1H3. The molecule has 1 heteroatoms. The summed E-state index contributed by atoms with van der Waals surface area (Å²) < 4.78 is 0. The molecule has 0 aromatic carbocycles. The summed E-state index contributed by atoms with van der Waals surface area (Å²) in [7, 11) is 0. The second kappa shape index (κ2) is 15.2. The van der Waals surface area contributed by atoms with Gasteiger partial charge in [-0.2, -0.15) is 0 Å². The van der Waals surface area contributed by atoms with Crippen LogP contribution < -0.4 is 0 Å². The van der Waals surface area contributed by atoms with Crippen molar-refractivity contribution >= 4 is 5.78 Å². The molecule has 0 spiro atoms. The van der Waals surface area contributed by atoms with Crippen LogP contribution in [0.3, 0.4) is 0 Å². The third-order valence-corrected chi connectivity index (χ3v) is 5.59. The van der Waals surface area contributed by atoms with Crippen molar-refractivity contribution in [1.82, 2.24) is 0 Å². The lowest BCUT2D eigenvalue weighted by molar-refractivity contribution is -0.124. The van der Waals surface area contributed by atoms with Crippen LogP contribution in [0.5, 0.6) is 0 Å². The number of carbonyl (C=O) groups excluding carboxylic acids is 1. The van der Waals surface area contributed by atoms with E-state index in [4.69, 9.17) is 0 Å². The van der Waals surface area contributed by atoms with Gasteiger partial charge in [0.2, 0.25) is 0 Å². The van der Waals surface area contributed by atoms with Crippen LogP contribution in [0.25, 0.3) is 0 Å². The van der Waals surface area contributed by atoms with E-state index in [0.717, 1.165) is 12.8 Å². The minimum atomic E-state index is 0.432. The smallest absolute Gasteiger partial charge is 0.135 e. The van der Waals surface area contributed by atoms with Gasteiger partial charge in [-0.1, -0.05) is 103 Å². The van der Waals surface area contributed by atoms with E-state index >= 15 is 0 Å². The van der Waals surface area contributed by atoms with E-state index in [-0.39, 0.29) is 0 Å². The zero-order valence-corrected chi connectivity index (χ0v) is 15.9. The minimum Gasteiger partial charge on any atom is -0.299 e. The highest BCUT2D eigenvalue weighted by atomic mass is 16.1. The van der Waals surface area contributed by atoms with E-state index in [0.29, 0.717) is 11.7 Å².